The van der Waals surface area contributed by atoms with Crippen LogP contribution in [0.1, 0.15) is 43.6 Å². The molecule has 0 aromatic carbocycles. The van der Waals surface area contributed by atoms with Crippen LogP contribution in [0.3, 0.4) is 0 Å². The summed E-state index contributed by atoms with van der Waals surface area (Å²) in [5, 5.41) is 14.5. The molecule has 116 valence electrons. The summed E-state index contributed by atoms with van der Waals surface area (Å²) >= 11 is 0. The first-order valence-corrected chi connectivity index (χ1v) is 7.84. The van der Waals surface area contributed by atoms with Crippen molar-refractivity contribution in [3.63, 3.8) is 0 Å². The highest BCUT2D eigenvalue weighted by molar-refractivity contribution is 5.92. The summed E-state index contributed by atoms with van der Waals surface area (Å²) in [5.74, 6) is 0.684. The molecule has 2 N–H and O–H groups in total. The van der Waals surface area contributed by atoms with Gasteiger partial charge in [0.2, 0.25) is 0 Å². The van der Waals surface area contributed by atoms with E-state index in [1.165, 1.54) is 6.42 Å². The second kappa shape index (κ2) is 7.93. The van der Waals surface area contributed by atoms with E-state index in [0.717, 1.165) is 38.3 Å². The van der Waals surface area contributed by atoms with Crippen molar-refractivity contribution in [2.45, 2.75) is 39.2 Å². The van der Waals surface area contributed by atoms with Crippen molar-refractivity contribution >= 4 is 11.7 Å². The van der Waals surface area contributed by atoms with Gasteiger partial charge < -0.3 is 15.5 Å². The zero-order chi connectivity index (χ0) is 15.1. The van der Waals surface area contributed by atoms with E-state index in [2.05, 4.69) is 32.7 Å². The van der Waals surface area contributed by atoms with Crippen LogP contribution in [0.15, 0.2) is 12.1 Å². The molecule has 0 bridgehead atoms. The molecular formula is C15H25N5O. The molecule has 1 fully saturated rings. The maximum atomic E-state index is 11.7. The standard InChI is InChI=1S/C15H25N5O/c1-3-9-17-12-6-5-10-20(11-12)14-8-7-13(18-19-14)15(21)16-4-2/h7-8,12,17H,3-6,9-11H2,1-2H3,(H,16,21). The lowest BCUT2D eigenvalue weighted by molar-refractivity contribution is 0.0950. The molecule has 1 amide bonds. The van der Waals surface area contributed by atoms with Crippen molar-refractivity contribution in [1.82, 2.24) is 20.8 Å². The number of rotatable bonds is 6. The normalized spacial score (nSPS) is 18.6. The van der Waals surface area contributed by atoms with Crippen LogP contribution in [-0.4, -0.2) is 48.3 Å². The Kier molecular flexibility index (Phi) is 5.92. The number of anilines is 1. The number of nitrogens with one attached hydrogen (secondary N) is 2. The zero-order valence-electron chi connectivity index (χ0n) is 12.9. The van der Waals surface area contributed by atoms with Crippen molar-refractivity contribution in [1.29, 1.82) is 0 Å². The van der Waals surface area contributed by atoms with Crippen molar-refractivity contribution in [2.75, 3.05) is 31.1 Å². The molecule has 1 unspecified atom stereocenters. The first kappa shape index (κ1) is 15.7. The summed E-state index contributed by atoms with van der Waals surface area (Å²) in [5.41, 5.74) is 0.373. The van der Waals surface area contributed by atoms with Crippen LogP contribution in [0, 0.1) is 0 Å². The third kappa shape index (κ3) is 4.39. The molecule has 1 aromatic rings. The second-order valence-corrected chi connectivity index (χ2v) is 5.38. The van der Waals surface area contributed by atoms with Crippen LogP contribution < -0.4 is 15.5 Å². The predicted octanol–water partition coefficient (Wildman–Crippen LogP) is 1.19. The lowest BCUT2D eigenvalue weighted by atomic mass is 10.1. The summed E-state index contributed by atoms with van der Waals surface area (Å²) in [6.07, 6.45) is 3.51. The SMILES string of the molecule is CCCNC1CCCN(c2ccc(C(=O)NCC)nn2)C1. The van der Waals surface area contributed by atoms with Gasteiger partial charge in [-0.2, -0.15) is 0 Å². The molecule has 0 aliphatic carbocycles. The van der Waals surface area contributed by atoms with Gasteiger partial charge in [-0.1, -0.05) is 6.92 Å². The van der Waals surface area contributed by atoms with E-state index in [-0.39, 0.29) is 5.91 Å². The minimum atomic E-state index is -0.169. The van der Waals surface area contributed by atoms with Crippen molar-refractivity contribution in [3.05, 3.63) is 17.8 Å². The fourth-order valence-electron chi connectivity index (χ4n) is 2.57. The van der Waals surface area contributed by atoms with Gasteiger partial charge >= 0.3 is 0 Å². The minimum absolute atomic E-state index is 0.169. The maximum Gasteiger partial charge on any atom is 0.271 e. The number of amides is 1. The van der Waals surface area contributed by atoms with Gasteiger partial charge in [0.05, 0.1) is 0 Å². The molecule has 0 spiro atoms. The summed E-state index contributed by atoms with van der Waals surface area (Å²) in [6.45, 7) is 7.67. The van der Waals surface area contributed by atoms with Gasteiger partial charge in [-0.05, 0) is 44.9 Å². The molecule has 0 radical (unpaired) electrons. The van der Waals surface area contributed by atoms with Gasteiger partial charge in [-0.3, -0.25) is 4.79 Å². The van der Waals surface area contributed by atoms with Gasteiger partial charge in [0, 0.05) is 25.7 Å². The monoisotopic (exact) mass is 291 g/mol. The van der Waals surface area contributed by atoms with Crippen molar-refractivity contribution in [2.24, 2.45) is 0 Å². The highest BCUT2D eigenvalue weighted by Crippen LogP contribution is 2.17. The Bertz CT molecular complexity index is 448. The molecule has 2 heterocycles. The molecular weight excluding hydrogens is 266 g/mol. The first-order valence-electron chi connectivity index (χ1n) is 7.84. The fraction of sp³-hybridized carbons (Fsp3) is 0.667. The number of nitrogens with zero attached hydrogens (tertiary/aromatic N) is 3. The number of aromatic nitrogens is 2. The Balaban J connectivity index is 1.96. The van der Waals surface area contributed by atoms with E-state index in [9.17, 15) is 4.79 Å². The third-order valence-corrected chi connectivity index (χ3v) is 3.65. The van der Waals surface area contributed by atoms with E-state index in [4.69, 9.17) is 0 Å². The Morgan fingerprint density at radius 2 is 2.24 bits per heavy atom. The van der Waals surface area contributed by atoms with Crippen LogP contribution in [0.4, 0.5) is 5.82 Å². The van der Waals surface area contributed by atoms with Gasteiger partial charge in [0.1, 0.15) is 0 Å². The van der Waals surface area contributed by atoms with E-state index in [1.54, 1.807) is 6.07 Å². The summed E-state index contributed by atoms with van der Waals surface area (Å²) in [4.78, 5) is 13.9. The molecule has 2 rings (SSSR count). The van der Waals surface area contributed by atoms with Gasteiger partial charge in [0.15, 0.2) is 11.5 Å². The number of piperidine rings is 1. The summed E-state index contributed by atoms with van der Waals surface area (Å²) in [6, 6.07) is 4.15. The van der Waals surface area contributed by atoms with Crippen LogP contribution >= 0.6 is 0 Å². The number of hydrogen-bond donors (Lipinski definition) is 2. The molecule has 6 heteroatoms. The summed E-state index contributed by atoms with van der Waals surface area (Å²) in [7, 11) is 0. The molecule has 1 atom stereocenters. The van der Waals surface area contributed by atoms with Gasteiger partial charge in [-0.25, -0.2) is 0 Å². The van der Waals surface area contributed by atoms with Gasteiger partial charge in [-0.15, -0.1) is 10.2 Å². The largest absolute Gasteiger partial charge is 0.354 e. The quantitative estimate of drug-likeness (QED) is 0.824. The lowest BCUT2D eigenvalue weighted by Gasteiger charge is -2.33. The summed E-state index contributed by atoms with van der Waals surface area (Å²) < 4.78 is 0. The van der Waals surface area contributed by atoms with E-state index in [0.29, 0.717) is 18.3 Å². The highest BCUT2D eigenvalue weighted by Gasteiger charge is 2.20. The molecule has 1 aliphatic rings. The zero-order valence-corrected chi connectivity index (χ0v) is 12.9. The smallest absolute Gasteiger partial charge is 0.271 e. The van der Waals surface area contributed by atoms with Crippen LogP contribution in [0.25, 0.3) is 0 Å². The second-order valence-electron chi connectivity index (χ2n) is 5.38. The molecule has 6 nitrogen and oxygen atoms in total. The number of hydrogen-bond acceptors (Lipinski definition) is 5. The number of carbonyl (C=O) groups excluding carboxylic acids is 1. The average molecular weight is 291 g/mol. The first-order chi connectivity index (χ1) is 10.2. The lowest BCUT2D eigenvalue weighted by Crippen LogP contribution is -2.46. The van der Waals surface area contributed by atoms with Gasteiger partial charge in [0.25, 0.3) is 5.91 Å². The minimum Gasteiger partial charge on any atom is -0.354 e. The van der Waals surface area contributed by atoms with E-state index in [1.807, 2.05) is 13.0 Å². The van der Waals surface area contributed by atoms with E-state index < -0.39 is 0 Å². The van der Waals surface area contributed by atoms with Crippen LogP contribution in [0.2, 0.25) is 0 Å². The highest BCUT2D eigenvalue weighted by atomic mass is 16.1. The Morgan fingerprint density at radius 3 is 2.90 bits per heavy atom. The Morgan fingerprint density at radius 1 is 1.38 bits per heavy atom. The fourth-order valence-corrected chi connectivity index (χ4v) is 2.57. The molecule has 1 aliphatic heterocycles. The molecule has 21 heavy (non-hydrogen) atoms. The van der Waals surface area contributed by atoms with E-state index >= 15 is 0 Å². The van der Waals surface area contributed by atoms with Crippen molar-refractivity contribution in [3.8, 4) is 0 Å². The average Bonchev–Trinajstić information content (AvgIpc) is 2.53. The van der Waals surface area contributed by atoms with Crippen molar-refractivity contribution < 1.29 is 4.79 Å². The maximum absolute atomic E-state index is 11.7. The number of carbonyl (C=O) groups is 1. The Labute approximate surface area is 126 Å². The van der Waals surface area contributed by atoms with Crippen LogP contribution in [0.5, 0.6) is 0 Å². The molecule has 1 aromatic heterocycles. The third-order valence-electron chi connectivity index (χ3n) is 3.65. The predicted molar refractivity (Wildman–Crippen MR) is 83.6 cm³/mol. The Hall–Kier alpha value is -1.69. The molecule has 1 saturated heterocycles. The van der Waals surface area contributed by atoms with Crippen LogP contribution in [-0.2, 0) is 0 Å². The molecule has 0 saturated carbocycles. The topological polar surface area (TPSA) is 70.2 Å².